The van der Waals surface area contributed by atoms with Gasteiger partial charge in [-0.15, -0.1) is 0 Å². The highest BCUT2D eigenvalue weighted by atomic mass is 15.6. The molecule has 0 spiro atoms. The average molecular weight is 253 g/mol. The number of hydrogen-bond acceptors (Lipinski definition) is 3. The molecule has 98 valence electrons. The number of fused-ring (bicyclic) bond motifs is 1. The predicted molar refractivity (Wildman–Crippen MR) is 79.4 cm³/mol. The summed E-state index contributed by atoms with van der Waals surface area (Å²) in [7, 11) is 0. The van der Waals surface area contributed by atoms with Gasteiger partial charge in [-0.25, -0.2) is 0 Å². The first-order valence-electron chi connectivity index (χ1n) is 6.93. The van der Waals surface area contributed by atoms with Crippen LogP contribution in [0, 0.1) is 0 Å². The van der Waals surface area contributed by atoms with Gasteiger partial charge < -0.3 is 0 Å². The van der Waals surface area contributed by atoms with Gasteiger partial charge in [0.05, 0.1) is 11.4 Å². The van der Waals surface area contributed by atoms with Gasteiger partial charge in [0.1, 0.15) is 0 Å². The Morgan fingerprint density at radius 2 is 1.95 bits per heavy atom. The first kappa shape index (κ1) is 12.0. The molecule has 1 aliphatic rings. The molecule has 1 aromatic carbocycles. The van der Waals surface area contributed by atoms with Crippen molar-refractivity contribution in [3.05, 3.63) is 54.4 Å². The summed E-state index contributed by atoms with van der Waals surface area (Å²) in [4.78, 5) is 4.11. The summed E-state index contributed by atoms with van der Waals surface area (Å²) in [6.07, 6.45) is 5.97. The zero-order valence-corrected chi connectivity index (χ0v) is 11.3. The molecule has 3 heteroatoms. The van der Waals surface area contributed by atoms with Crippen LogP contribution in [0.5, 0.6) is 0 Å². The zero-order valence-electron chi connectivity index (χ0n) is 11.3. The standard InChI is InChI=1S/C16H19N3/c1-2-12-18(15-7-10-17-11-8-15)19-13-9-14-5-3-4-6-16(14)19/h3-8,10-11H,2,9,12-13H2,1H3. The van der Waals surface area contributed by atoms with Crippen LogP contribution < -0.4 is 10.0 Å². The fourth-order valence-corrected chi connectivity index (χ4v) is 2.69. The Morgan fingerprint density at radius 1 is 1.16 bits per heavy atom. The summed E-state index contributed by atoms with van der Waals surface area (Å²) in [5.41, 5.74) is 4.00. The van der Waals surface area contributed by atoms with Crippen molar-refractivity contribution in [2.75, 3.05) is 23.1 Å². The molecule has 19 heavy (non-hydrogen) atoms. The molecule has 2 aromatic rings. The number of rotatable bonds is 4. The number of anilines is 2. The van der Waals surface area contributed by atoms with Gasteiger partial charge >= 0.3 is 0 Å². The Bertz CT molecular complexity index is 539. The molecule has 1 aromatic heterocycles. The molecule has 0 radical (unpaired) electrons. The number of hydrogen-bond donors (Lipinski definition) is 0. The Morgan fingerprint density at radius 3 is 2.74 bits per heavy atom. The monoisotopic (exact) mass is 253 g/mol. The summed E-state index contributed by atoms with van der Waals surface area (Å²) in [5, 5.41) is 4.77. The molecule has 0 atom stereocenters. The van der Waals surface area contributed by atoms with Gasteiger partial charge in [0.2, 0.25) is 0 Å². The number of nitrogens with zero attached hydrogens (tertiary/aromatic N) is 3. The van der Waals surface area contributed by atoms with Crippen molar-refractivity contribution in [2.24, 2.45) is 0 Å². The maximum atomic E-state index is 4.11. The molecule has 2 heterocycles. The molecule has 3 nitrogen and oxygen atoms in total. The second-order valence-electron chi connectivity index (χ2n) is 4.83. The van der Waals surface area contributed by atoms with Crippen LogP contribution in [0.4, 0.5) is 11.4 Å². The minimum Gasteiger partial charge on any atom is -0.285 e. The third-order valence-corrected chi connectivity index (χ3v) is 3.55. The number of benzene rings is 1. The van der Waals surface area contributed by atoms with Gasteiger partial charge in [0.15, 0.2) is 0 Å². The maximum Gasteiger partial charge on any atom is 0.0607 e. The van der Waals surface area contributed by atoms with Crippen molar-refractivity contribution < 1.29 is 0 Å². The lowest BCUT2D eigenvalue weighted by molar-refractivity contribution is 0.718. The largest absolute Gasteiger partial charge is 0.285 e. The van der Waals surface area contributed by atoms with E-state index < -0.39 is 0 Å². The van der Waals surface area contributed by atoms with E-state index in [9.17, 15) is 0 Å². The molecule has 0 saturated carbocycles. The average Bonchev–Trinajstić information content (AvgIpc) is 2.89. The summed E-state index contributed by atoms with van der Waals surface area (Å²) in [5.74, 6) is 0. The van der Waals surface area contributed by atoms with Gasteiger partial charge in [-0.05, 0) is 36.6 Å². The lowest BCUT2D eigenvalue weighted by Crippen LogP contribution is -2.42. The van der Waals surface area contributed by atoms with Crippen LogP contribution in [-0.4, -0.2) is 18.1 Å². The molecular weight excluding hydrogens is 234 g/mol. The summed E-state index contributed by atoms with van der Waals surface area (Å²) < 4.78 is 0. The smallest absolute Gasteiger partial charge is 0.0607 e. The first-order chi connectivity index (χ1) is 9.40. The van der Waals surface area contributed by atoms with Gasteiger partial charge in [-0.1, -0.05) is 25.1 Å². The van der Waals surface area contributed by atoms with Crippen LogP contribution in [0.3, 0.4) is 0 Å². The highest BCUT2D eigenvalue weighted by molar-refractivity contribution is 5.64. The fourth-order valence-electron chi connectivity index (χ4n) is 2.69. The van der Waals surface area contributed by atoms with E-state index in [4.69, 9.17) is 0 Å². The highest BCUT2D eigenvalue weighted by Crippen LogP contribution is 2.31. The second kappa shape index (κ2) is 5.31. The van der Waals surface area contributed by atoms with Crippen LogP contribution in [0.25, 0.3) is 0 Å². The number of hydrazine groups is 1. The van der Waals surface area contributed by atoms with Crippen molar-refractivity contribution in [2.45, 2.75) is 19.8 Å². The van der Waals surface area contributed by atoms with Crippen molar-refractivity contribution in [3.63, 3.8) is 0 Å². The van der Waals surface area contributed by atoms with Crippen LogP contribution in [0.15, 0.2) is 48.8 Å². The lowest BCUT2D eigenvalue weighted by atomic mass is 10.2. The van der Waals surface area contributed by atoms with E-state index in [1.807, 2.05) is 12.4 Å². The topological polar surface area (TPSA) is 19.4 Å². The summed E-state index contributed by atoms with van der Waals surface area (Å²) in [6.45, 7) is 4.30. The summed E-state index contributed by atoms with van der Waals surface area (Å²) >= 11 is 0. The lowest BCUT2D eigenvalue weighted by Gasteiger charge is -2.35. The van der Waals surface area contributed by atoms with Crippen molar-refractivity contribution >= 4 is 11.4 Å². The minimum absolute atomic E-state index is 1.03. The van der Waals surface area contributed by atoms with Crippen LogP contribution >= 0.6 is 0 Å². The summed E-state index contributed by atoms with van der Waals surface area (Å²) in [6, 6.07) is 12.8. The molecule has 0 aliphatic carbocycles. The molecule has 0 fully saturated rings. The molecule has 1 aliphatic heterocycles. The normalized spacial score (nSPS) is 13.4. The minimum atomic E-state index is 1.03. The third-order valence-electron chi connectivity index (χ3n) is 3.55. The molecule has 0 unspecified atom stereocenters. The Labute approximate surface area is 114 Å². The number of pyridine rings is 1. The number of para-hydroxylation sites is 1. The van der Waals surface area contributed by atoms with E-state index >= 15 is 0 Å². The second-order valence-corrected chi connectivity index (χ2v) is 4.83. The van der Waals surface area contributed by atoms with Gasteiger partial charge in [-0.3, -0.25) is 15.0 Å². The van der Waals surface area contributed by atoms with E-state index in [2.05, 4.69) is 58.3 Å². The highest BCUT2D eigenvalue weighted by Gasteiger charge is 2.23. The molecule has 0 saturated heterocycles. The van der Waals surface area contributed by atoms with Gasteiger partial charge in [0, 0.05) is 25.5 Å². The Balaban J connectivity index is 1.94. The van der Waals surface area contributed by atoms with E-state index in [1.165, 1.54) is 16.9 Å². The van der Waals surface area contributed by atoms with E-state index in [0.29, 0.717) is 0 Å². The van der Waals surface area contributed by atoms with Crippen LogP contribution in [-0.2, 0) is 6.42 Å². The SMILES string of the molecule is CCCN(c1ccncc1)N1CCc2ccccc21. The Hall–Kier alpha value is -2.03. The molecule has 0 N–H and O–H groups in total. The predicted octanol–water partition coefficient (Wildman–Crippen LogP) is 3.28. The van der Waals surface area contributed by atoms with Crippen LogP contribution in [0.2, 0.25) is 0 Å². The molecular formula is C16H19N3. The molecule has 0 amide bonds. The van der Waals surface area contributed by atoms with Crippen molar-refractivity contribution in [1.29, 1.82) is 0 Å². The van der Waals surface area contributed by atoms with E-state index in [0.717, 1.165) is 25.9 Å². The first-order valence-corrected chi connectivity index (χ1v) is 6.93. The molecule has 3 rings (SSSR count). The fraction of sp³-hybridized carbons (Fsp3) is 0.312. The zero-order chi connectivity index (χ0) is 13.1. The van der Waals surface area contributed by atoms with Crippen LogP contribution in [0.1, 0.15) is 18.9 Å². The molecule has 0 bridgehead atoms. The van der Waals surface area contributed by atoms with E-state index in [-0.39, 0.29) is 0 Å². The Kier molecular flexibility index (Phi) is 3.36. The van der Waals surface area contributed by atoms with Crippen molar-refractivity contribution in [3.8, 4) is 0 Å². The number of aromatic nitrogens is 1. The van der Waals surface area contributed by atoms with Gasteiger partial charge in [-0.2, -0.15) is 0 Å². The maximum absolute atomic E-state index is 4.11. The quantitative estimate of drug-likeness (QED) is 0.833. The van der Waals surface area contributed by atoms with E-state index in [1.54, 1.807) is 0 Å². The van der Waals surface area contributed by atoms with Gasteiger partial charge in [0.25, 0.3) is 0 Å². The van der Waals surface area contributed by atoms with Crippen molar-refractivity contribution in [1.82, 2.24) is 4.98 Å². The third kappa shape index (κ3) is 2.28.